The van der Waals surface area contributed by atoms with Crippen molar-refractivity contribution in [3.05, 3.63) is 24.3 Å². The maximum absolute atomic E-state index is 5.68. The Hall–Kier alpha value is -1.22. The van der Waals surface area contributed by atoms with Gasteiger partial charge in [0.25, 0.3) is 0 Å². The molecular formula is C14H23NO2. The van der Waals surface area contributed by atoms with Gasteiger partial charge in [0, 0.05) is 12.6 Å². The minimum absolute atomic E-state index is 0.754. The topological polar surface area (TPSA) is 21.7 Å². The number of ether oxygens (including phenoxy) is 2. The molecule has 3 nitrogen and oxygen atoms in total. The highest BCUT2D eigenvalue weighted by molar-refractivity contribution is 5.32. The van der Waals surface area contributed by atoms with Crippen LogP contribution in [-0.4, -0.2) is 38.3 Å². The summed E-state index contributed by atoms with van der Waals surface area (Å²) in [4.78, 5) is 2.40. The van der Waals surface area contributed by atoms with Crippen molar-refractivity contribution in [2.24, 2.45) is 0 Å². The monoisotopic (exact) mass is 237 g/mol. The first-order valence-electron chi connectivity index (χ1n) is 6.29. The van der Waals surface area contributed by atoms with Crippen LogP contribution in [0.4, 0.5) is 0 Å². The Kier molecular flexibility index (Phi) is 6.48. The highest BCUT2D eigenvalue weighted by Gasteiger charge is 2.00. The molecule has 0 atom stereocenters. The lowest BCUT2D eigenvalue weighted by Gasteiger charge is -2.17. The van der Waals surface area contributed by atoms with Gasteiger partial charge in [-0.1, -0.05) is 19.9 Å². The zero-order chi connectivity index (χ0) is 12.5. The highest BCUT2D eigenvalue weighted by atomic mass is 16.5. The molecule has 0 aromatic heterocycles. The molecule has 0 saturated heterocycles. The summed E-state index contributed by atoms with van der Waals surface area (Å²) in [5.74, 6) is 1.72. The van der Waals surface area contributed by atoms with Crippen molar-refractivity contribution >= 4 is 0 Å². The second kappa shape index (κ2) is 7.96. The van der Waals surface area contributed by atoms with Gasteiger partial charge in [-0.3, -0.25) is 0 Å². The van der Waals surface area contributed by atoms with E-state index in [2.05, 4.69) is 18.7 Å². The van der Waals surface area contributed by atoms with Crippen molar-refractivity contribution in [1.29, 1.82) is 0 Å². The molecule has 1 aromatic carbocycles. The molecule has 0 aliphatic carbocycles. The van der Waals surface area contributed by atoms with Gasteiger partial charge in [-0.05, 0) is 31.6 Å². The normalized spacial score (nSPS) is 10.6. The SMILES string of the molecule is CCN(CC)CCCOc1cccc(OC)c1. The number of benzene rings is 1. The minimum atomic E-state index is 0.754. The summed E-state index contributed by atoms with van der Waals surface area (Å²) in [5, 5.41) is 0. The first-order chi connectivity index (χ1) is 8.30. The van der Waals surface area contributed by atoms with Crippen molar-refractivity contribution in [3.63, 3.8) is 0 Å². The molecule has 0 amide bonds. The van der Waals surface area contributed by atoms with E-state index in [-0.39, 0.29) is 0 Å². The molecule has 96 valence electrons. The number of hydrogen-bond donors (Lipinski definition) is 0. The molecule has 0 heterocycles. The van der Waals surface area contributed by atoms with E-state index in [1.807, 2.05) is 24.3 Å². The van der Waals surface area contributed by atoms with Crippen LogP contribution in [0.3, 0.4) is 0 Å². The van der Waals surface area contributed by atoms with Crippen molar-refractivity contribution < 1.29 is 9.47 Å². The predicted octanol–water partition coefficient (Wildman–Crippen LogP) is 2.81. The first kappa shape index (κ1) is 13.8. The zero-order valence-electron chi connectivity index (χ0n) is 11.1. The van der Waals surface area contributed by atoms with Crippen molar-refractivity contribution in [2.75, 3.05) is 33.4 Å². The molecule has 0 saturated carbocycles. The molecule has 0 spiro atoms. The first-order valence-corrected chi connectivity index (χ1v) is 6.29. The van der Waals surface area contributed by atoms with Gasteiger partial charge in [0.05, 0.1) is 13.7 Å². The molecule has 1 aromatic rings. The molecular weight excluding hydrogens is 214 g/mol. The molecule has 0 aliphatic heterocycles. The summed E-state index contributed by atoms with van der Waals surface area (Å²) >= 11 is 0. The molecule has 1 rings (SSSR count). The number of rotatable bonds is 8. The van der Waals surface area contributed by atoms with Crippen LogP contribution in [-0.2, 0) is 0 Å². The van der Waals surface area contributed by atoms with Gasteiger partial charge in [0.2, 0.25) is 0 Å². The summed E-state index contributed by atoms with van der Waals surface area (Å²) in [5.41, 5.74) is 0. The molecule has 0 bridgehead atoms. The van der Waals surface area contributed by atoms with Gasteiger partial charge in [-0.2, -0.15) is 0 Å². The van der Waals surface area contributed by atoms with Crippen molar-refractivity contribution in [3.8, 4) is 11.5 Å². The fourth-order valence-corrected chi connectivity index (χ4v) is 1.71. The maximum atomic E-state index is 5.68. The van der Waals surface area contributed by atoms with Crippen LogP contribution in [0.25, 0.3) is 0 Å². The van der Waals surface area contributed by atoms with E-state index in [1.54, 1.807) is 7.11 Å². The second-order valence-corrected chi connectivity index (χ2v) is 3.91. The Morgan fingerprint density at radius 2 is 1.82 bits per heavy atom. The Morgan fingerprint density at radius 3 is 2.47 bits per heavy atom. The van der Waals surface area contributed by atoms with Gasteiger partial charge in [-0.25, -0.2) is 0 Å². The van der Waals surface area contributed by atoms with E-state index in [4.69, 9.17) is 9.47 Å². The van der Waals surface area contributed by atoms with Crippen LogP contribution in [0.2, 0.25) is 0 Å². The average Bonchev–Trinajstić information content (AvgIpc) is 2.39. The van der Waals surface area contributed by atoms with Gasteiger partial charge in [0.1, 0.15) is 11.5 Å². The average molecular weight is 237 g/mol. The van der Waals surface area contributed by atoms with Crippen LogP contribution in [0.15, 0.2) is 24.3 Å². The molecule has 0 fully saturated rings. The Balaban J connectivity index is 2.26. The summed E-state index contributed by atoms with van der Waals surface area (Å²) in [7, 11) is 1.67. The highest BCUT2D eigenvalue weighted by Crippen LogP contribution is 2.18. The second-order valence-electron chi connectivity index (χ2n) is 3.91. The van der Waals surface area contributed by atoms with Crippen molar-refractivity contribution in [1.82, 2.24) is 4.90 Å². The minimum Gasteiger partial charge on any atom is -0.497 e. The molecule has 0 unspecified atom stereocenters. The lowest BCUT2D eigenvalue weighted by Crippen LogP contribution is -2.25. The standard InChI is InChI=1S/C14H23NO2/c1-4-15(5-2)10-7-11-17-14-9-6-8-13(12-14)16-3/h6,8-9,12H,4-5,7,10-11H2,1-3H3. The number of methoxy groups -OCH3 is 1. The molecule has 17 heavy (non-hydrogen) atoms. The van der Waals surface area contributed by atoms with Gasteiger partial charge in [0.15, 0.2) is 0 Å². The molecule has 3 heteroatoms. The predicted molar refractivity (Wildman–Crippen MR) is 70.9 cm³/mol. The Morgan fingerprint density at radius 1 is 1.12 bits per heavy atom. The van der Waals surface area contributed by atoms with Crippen LogP contribution in [0.1, 0.15) is 20.3 Å². The van der Waals surface area contributed by atoms with Gasteiger partial charge in [-0.15, -0.1) is 0 Å². The van der Waals surface area contributed by atoms with Crippen LogP contribution in [0.5, 0.6) is 11.5 Å². The molecule has 0 aliphatic rings. The quantitative estimate of drug-likeness (QED) is 0.649. The Bertz CT molecular complexity index is 311. The third-order valence-electron chi connectivity index (χ3n) is 2.82. The van der Waals surface area contributed by atoms with E-state index in [0.717, 1.165) is 44.2 Å². The van der Waals surface area contributed by atoms with E-state index in [1.165, 1.54) is 0 Å². The third kappa shape index (κ3) is 5.09. The van der Waals surface area contributed by atoms with Crippen molar-refractivity contribution in [2.45, 2.75) is 20.3 Å². The van der Waals surface area contributed by atoms with Crippen LogP contribution < -0.4 is 9.47 Å². The Labute approximate surface area is 104 Å². The summed E-state index contributed by atoms with van der Waals surface area (Å²) < 4.78 is 10.8. The van der Waals surface area contributed by atoms with Gasteiger partial charge < -0.3 is 14.4 Å². The number of hydrogen-bond acceptors (Lipinski definition) is 3. The van der Waals surface area contributed by atoms with E-state index in [9.17, 15) is 0 Å². The van der Waals surface area contributed by atoms with E-state index in [0.29, 0.717) is 0 Å². The largest absolute Gasteiger partial charge is 0.497 e. The van der Waals surface area contributed by atoms with Crippen LogP contribution >= 0.6 is 0 Å². The smallest absolute Gasteiger partial charge is 0.122 e. The lowest BCUT2D eigenvalue weighted by atomic mass is 10.3. The third-order valence-corrected chi connectivity index (χ3v) is 2.82. The van der Waals surface area contributed by atoms with E-state index < -0.39 is 0 Å². The number of nitrogens with zero attached hydrogens (tertiary/aromatic N) is 1. The fourth-order valence-electron chi connectivity index (χ4n) is 1.71. The zero-order valence-corrected chi connectivity index (χ0v) is 11.1. The molecule has 0 radical (unpaired) electrons. The fraction of sp³-hybridized carbons (Fsp3) is 0.571. The summed E-state index contributed by atoms with van der Waals surface area (Å²) in [6, 6.07) is 7.73. The van der Waals surface area contributed by atoms with E-state index >= 15 is 0 Å². The van der Waals surface area contributed by atoms with Crippen LogP contribution in [0, 0.1) is 0 Å². The summed E-state index contributed by atoms with van der Waals surface area (Å²) in [6.45, 7) is 8.44. The van der Waals surface area contributed by atoms with Gasteiger partial charge >= 0.3 is 0 Å². The lowest BCUT2D eigenvalue weighted by molar-refractivity contribution is 0.248. The molecule has 0 N–H and O–H groups in total. The summed E-state index contributed by atoms with van der Waals surface area (Å²) in [6.07, 6.45) is 1.05. The maximum Gasteiger partial charge on any atom is 0.122 e.